The van der Waals surface area contributed by atoms with Crippen molar-refractivity contribution in [2.45, 2.75) is 32.3 Å². The number of aliphatic hydroxyl groups is 1. The fraction of sp³-hybridized carbons (Fsp3) is 0.385. The molecule has 3 N–H and O–H groups in total. The lowest BCUT2D eigenvalue weighted by molar-refractivity contribution is -0.139. The number of esters is 2. The highest BCUT2D eigenvalue weighted by molar-refractivity contribution is 6.42. The average Bonchev–Trinajstić information content (AvgIpc) is 2.89. The number of carbonyl (C=O) groups is 2. The number of nitrogens with zero attached hydrogens (tertiary/aromatic N) is 2. The molecule has 2 unspecified atom stereocenters. The van der Waals surface area contributed by atoms with Crippen LogP contribution >= 0.6 is 23.2 Å². The summed E-state index contributed by atoms with van der Waals surface area (Å²) in [7, 11) is 1.25. The molecule has 2 aromatic rings. The van der Waals surface area contributed by atoms with Gasteiger partial charge in [-0.1, -0.05) is 35.3 Å². The number of allylic oxidation sites excluding steroid dienone is 1. The van der Waals surface area contributed by atoms with Gasteiger partial charge in [0.05, 0.1) is 59.7 Å². The zero-order chi connectivity index (χ0) is 27.9. The Labute approximate surface area is 231 Å². The number of rotatable bonds is 11. The van der Waals surface area contributed by atoms with Crippen LogP contribution in [0.2, 0.25) is 10.0 Å². The molecule has 1 aliphatic heterocycles. The summed E-state index contributed by atoms with van der Waals surface area (Å²) in [5.41, 5.74) is 0.236. The molecule has 2 atom stereocenters. The van der Waals surface area contributed by atoms with Gasteiger partial charge in [0, 0.05) is 24.6 Å². The molecule has 0 radical (unpaired) electrons. The largest absolute Gasteiger partial charge is 0.466 e. The monoisotopic (exact) mass is 564 g/mol. The number of dihydropyridines is 1. The van der Waals surface area contributed by atoms with Crippen LogP contribution < -0.4 is 10.6 Å². The molecule has 2 heterocycles. The molecule has 38 heavy (non-hydrogen) atoms. The van der Waals surface area contributed by atoms with E-state index < -0.39 is 23.5 Å². The van der Waals surface area contributed by atoms with Gasteiger partial charge in [0.25, 0.3) is 0 Å². The van der Waals surface area contributed by atoms with Gasteiger partial charge >= 0.3 is 11.9 Å². The van der Waals surface area contributed by atoms with E-state index in [-0.39, 0.29) is 47.6 Å². The van der Waals surface area contributed by atoms with E-state index >= 15 is 0 Å². The first kappa shape index (κ1) is 29.4. The molecule has 1 aromatic heterocycles. The van der Waals surface area contributed by atoms with Crippen LogP contribution in [0.1, 0.15) is 32.3 Å². The minimum Gasteiger partial charge on any atom is -0.466 e. The van der Waals surface area contributed by atoms with E-state index in [0.29, 0.717) is 22.9 Å². The molecule has 12 heteroatoms. The summed E-state index contributed by atoms with van der Waals surface area (Å²) in [5, 5.41) is 17.3. The normalized spacial score (nSPS) is 17.0. The first-order chi connectivity index (χ1) is 18.1. The Morgan fingerprint density at radius 2 is 1.87 bits per heavy atom. The number of anilines is 1. The van der Waals surface area contributed by atoms with Crippen molar-refractivity contribution < 1.29 is 28.9 Å². The standard InChI is InChI=1S/C26H30Cl2N4O6/c1-5-38-24(34)21-18(12-37-14-26(3,35)13-31-25-29-10-7-11-30-25)32-15(2)19(23(33)36-4)20(21)16-8-6-9-17(27)22(16)28/h6-11,20,32,35H,5,12-14H2,1-4H3,(H,29,30,31). The van der Waals surface area contributed by atoms with Gasteiger partial charge in [-0.2, -0.15) is 0 Å². The molecule has 10 nitrogen and oxygen atoms in total. The van der Waals surface area contributed by atoms with Crippen LogP contribution in [0.3, 0.4) is 0 Å². The van der Waals surface area contributed by atoms with Crippen molar-refractivity contribution in [3.05, 3.63) is 74.8 Å². The molecule has 0 aliphatic carbocycles. The zero-order valence-corrected chi connectivity index (χ0v) is 23.0. The molecule has 0 saturated carbocycles. The van der Waals surface area contributed by atoms with Crippen LogP contribution in [0.4, 0.5) is 5.95 Å². The quantitative estimate of drug-likeness (QED) is 0.347. The lowest BCUT2D eigenvalue weighted by Crippen LogP contribution is -2.40. The second-order valence-electron chi connectivity index (χ2n) is 8.76. The van der Waals surface area contributed by atoms with Gasteiger partial charge in [0.15, 0.2) is 0 Å². The number of aromatic nitrogens is 2. The number of hydrogen-bond donors (Lipinski definition) is 3. The molecular weight excluding hydrogens is 535 g/mol. The maximum Gasteiger partial charge on any atom is 0.336 e. The third kappa shape index (κ3) is 7.02. The number of hydrogen-bond acceptors (Lipinski definition) is 10. The van der Waals surface area contributed by atoms with Crippen LogP contribution in [0.5, 0.6) is 0 Å². The minimum absolute atomic E-state index is 0.0939. The van der Waals surface area contributed by atoms with Gasteiger partial charge in [-0.25, -0.2) is 19.6 Å². The van der Waals surface area contributed by atoms with E-state index in [1.807, 2.05) is 0 Å². The van der Waals surface area contributed by atoms with E-state index in [1.165, 1.54) is 7.11 Å². The van der Waals surface area contributed by atoms with Gasteiger partial charge in [0.2, 0.25) is 5.95 Å². The molecule has 0 fully saturated rings. The Bertz CT molecular complexity index is 1230. The third-order valence-electron chi connectivity index (χ3n) is 5.69. The fourth-order valence-corrected chi connectivity index (χ4v) is 4.40. The van der Waals surface area contributed by atoms with Crippen LogP contribution in [0.15, 0.2) is 59.2 Å². The Balaban J connectivity index is 1.93. The molecule has 3 rings (SSSR count). The van der Waals surface area contributed by atoms with Gasteiger partial charge in [-0.3, -0.25) is 0 Å². The number of benzene rings is 1. The summed E-state index contributed by atoms with van der Waals surface area (Å²) < 4.78 is 16.2. The molecule has 1 aliphatic rings. The number of nitrogens with one attached hydrogen (secondary N) is 2. The van der Waals surface area contributed by atoms with Gasteiger partial charge in [-0.05, 0) is 38.5 Å². The Hall–Kier alpha value is -3.18. The van der Waals surface area contributed by atoms with E-state index in [1.54, 1.807) is 57.4 Å². The minimum atomic E-state index is -1.30. The van der Waals surface area contributed by atoms with Crippen molar-refractivity contribution in [3.8, 4) is 0 Å². The summed E-state index contributed by atoms with van der Waals surface area (Å²) in [6, 6.07) is 6.65. The number of halogens is 2. The SMILES string of the molecule is CCOC(=O)C1=C(COCC(C)(O)CNc2ncccn2)NC(C)=C(C(=O)OC)C1c1cccc(Cl)c1Cl. The highest BCUT2D eigenvalue weighted by atomic mass is 35.5. The first-order valence-corrected chi connectivity index (χ1v) is 12.6. The second kappa shape index (κ2) is 13.1. The van der Waals surface area contributed by atoms with Crippen molar-refractivity contribution in [3.63, 3.8) is 0 Å². The number of ether oxygens (including phenoxy) is 3. The Morgan fingerprint density at radius 1 is 1.16 bits per heavy atom. The molecule has 0 spiro atoms. The van der Waals surface area contributed by atoms with Crippen molar-refractivity contribution in [2.75, 3.05) is 38.8 Å². The van der Waals surface area contributed by atoms with Crippen LogP contribution in [0.25, 0.3) is 0 Å². The predicted octanol–water partition coefficient (Wildman–Crippen LogP) is 3.61. The summed E-state index contributed by atoms with van der Waals surface area (Å²) in [6.45, 7) is 4.96. The molecule has 0 saturated heterocycles. The van der Waals surface area contributed by atoms with Crippen LogP contribution in [-0.2, 0) is 23.8 Å². The fourth-order valence-electron chi connectivity index (χ4n) is 3.98. The predicted molar refractivity (Wildman–Crippen MR) is 143 cm³/mol. The third-order valence-corrected chi connectivity index (χ3v) is 6.52. The van der Waals surface area contributed by atoms with Gasteiger partial charge in [0.1, 0.15) is 5.60 Å². The number of methoxy groups -OCH3 is 1. The van der Waals surface area contributed by atoms with Crippen molar-refractivity contribution in [1.29, 1.82) is 0 Å². The van der Waals surface area contributed by atoms with E-state index in [4.69, 9.17) is 37.4 Å². The highest BCUT2D eigenvalue weighted by Gasteiger charge is 2.40. The van der Waals surface area contributed by atoms with Crippen molar-refractivity contribution in [2.24, 2.45) is 0 Å². The Morgan fingerprint density at radius 3 is 2.53 bits per heavy atom. The van der Waals surface area contributed by atoms with Crippen molar-refractivity contribution in [1.82, 2.24) is 15.3 Å². The lowest BCUT2D eigenvalue weighted by Gasteiger charge is -2.32. The van der Waals surface area contributed by atoms with Crippen LogP contribution in [-0.4, -0.2) is 66.1 Å². The van der Waals surface area contributed by atoms with Crippen LogP contribution in [0, 0.1) is 0 Å². The topological polar surface area (TPSA) is 132 Å². The molecule has 204 valence electrons. The lowest BCUT2D eigenvalue weighted by atomic mass is 9.80. The van der Waals surface area contributed by atoms with Crippen molar-refractivity contribution >= 4 is 41.1 Å². The summed E-state index contributed by atoms with van der Waals surface area (Å²) >= 11 is 12.8. The second-order valence-corrected chi connectivity index (χ2v) is 9.54. The maximum atomic E-state index is 13.3. The maximum absolute atomic E-state index is 13.3. The van der Waals surface area contributed by atoms with Gasteiger partial charge in [-0.15, -0.1) is 0 Å². The van der Waals surface area contributed by atoms with Gasteiger partial charge < -0.3 is 30.0 Å². The Kier molecular flexibility index (Phi) is 10.1. The zero-order valence-electron chi connectivity index (χ0n) is 21.5. The molecule has 0 bridgehead atoms. The van der Waals surface area contributed by atoms with E-state index in [2.05, 4.69) is 20.6 Å². The first-order valence-electron chi connectivity index (χ1n) is 11.8. The van der Waals surface area contributed by atoms with E-state index in [9.17, 15) is 14.7 Å². The summed E-state index contributed by atoms with van der Waals surface area (Å²) in [5.74, 6) is -1.88. The smallest absolute Gasteiger partial charge is 0.336 e. The molecule has 0 amide bonds. The highest BCUT2D eigenvalue weighted by Crippen LogP contribution is 2.43. The summed E-state index contributed by atoms with van der Waals surface area (Å²) in [4.78, 5) is 34.3. The molecular formula is C26H30Cl2N4O6. The summed E-state index contributed by atoms with van der Waals surface area (Å²) in [6.07, 6.45) is 3.17. The molecule has 1 aromatic carbocycles. The average molecular weight is 565 g/mol. The number of carbonyl (C=O) groups excluding carboxylic acids is 2. The van der Waals surface area contributed by atoms with E-state index in [0.717, 1.165) is 0 Å².